The number of hydrogen-bond donors (Lipinski definition) is 3. The number of aromatic amines is 1. The molecule has 7 nitrogen and oxygen atoms in total. The number of nitrogens with two attached hydrogens (primary N) is 1. The van der Waals surface area contributed by atoms with Crippen LogP contribution in [-0.2, 0) is 12.2 Å². The largest absolute Gasteiger partial charge is 0.382 e. The van der Waals surface area contributed by atoms with Crippen LogP contribution in [0.5, 0.6) is 0 Å². The van der Waals surface area contributed by atoms with Crippen LogP contribution in [0, 0.1) is 0 Å². The average molecular weight is 384 g/mol. The Labute approximate surface area is 158 Å². The molecule has 0 saturated carbocycles. The highest BCUT2D eigenvalue weighted by Gasteiger charge is 2.12. The third-order valence-corrected chi connectivity index (χ3v) is 5.64. The van der Waals surface area contributed by atoms with Gasteiger partial charge in [-0.3, -0.25) is 0 Å². The third kappa shape index (κ3) is 3.94. The van der Waals surface area contributed by atoms with Gasteiger partial charge in [-0.2, -0.15) is 4.98 Å². The maximum atomic E-state index is 6.11. The van der Waals surface area contributed by atoms with Gasteiger partial charge < -0.3 is 16.0 Å². The molecule has 3 aromatic heterocycles. The number of nitrogen functional groups attached to an aromatic ring is 1. The molecule has 1 aromatic carbocycles. The molecule has 0 fully saturated rings. The first-order chi connectivity index (χ1) is 12.8. The summed E-state index contributed by atoms with van der Waals surface area (Å²) in [5.74, 6) is 1.27. The third-order valence-electron chi connectivity index (χ3n) is 3.70. The van der Waals surface area contributed by atoms with Gasteiger partial charge in [0.15, 0.2) is 15.9 Å². The second-order valence-electron chi connectivity index (χ2n) is 5.59. The molecule has 4 N–H and O–H groups in total. The van der Waals surface area contributed by atoms with E-state index in [-0.39, 0.29) is 0 Å². The van der Waals surface area contributed by atoms with Crippen molar-refractivity contribution in [1.29, 1.82) is 0 Å². The van der Waals surface area contributed by atoms with Crippen molar-refractivity contribution < 1.29 is 0 Å². The zero-order valence-electron chi connectivity index (χ0n) is 13.8. The molecule has 0 bridgehead atoms. The van der Waals surface area contributed by atoms with Crippen LogP contribution >= 0.6 is 23.1 Å². The second kappa shape index (κ2) is 7.71. The van der Waals surface area contributed by atoms with Crippen molar-refractivity contribution in [3.05, 3.63) is 54.1 Å². The normalized spacial score (nSPS) is 11.1. The lowest BCUT2D eigenvalue weighted by Crippen LogP contribution is -2.04. The summed E-state index contributed by atoms with van der Waals surface area (Å²) in [6.07, 6.45) is 4.34. The Bertz CT molecular complexity index is 983. The van der Waals surface area contributed by atoms with E-state index in [1.54, 1.807) is 18.1 Å². The predicted molar refractivity (Wildman–Crippen MR) is 106 cm³/mol. The summed E-state index contributed by atoms with van der Waals surface area (Å²) in [6.45, 7) is 0.755. The van der Waals surface area contributed by atoms with Crippen molar-refractivity contribution >= 4 is 44.4 Å². The molecular formula is C17H17N7S2. The van der Waals surface area contributed by atoms with E-state index in [0.717, 1.165) is 34.2 Å². The van der Waals surface area contributed by atoms with Gasteiger partial charge in [0.05, 0.1) is 6.33 Å². The monoisotopic (exact) mass is 383 g/mol. The number of anilines is 2. The highest BCUT2D eigenvalue weighted by Crippen LogP contribution is 2.31. The van der Waals surface area contributed by atoms with Crippen LogP contribution in [0.15, 0.2) is 48.0 Å². The van der Waals surface area contributed by atoms with Gasteiger partial charge in [0.25, 0.3) is 0 Å². The van der Waals surface area contributed by atoms with E-state index in [1.807, 2.05) is 24.4 Å². The van der Waals surface area contributed by atoms with Crippen LogP contribution in [-0.4, -0.2) is 31.5 Å². The van der Waals surface area contributed by atoms with E-state index in [2.05, 4.69) is 42.4 Å². The number of imidazole rings is 1. The highest BCUT2D eigenvalue weighted by atomic mass is 32.2. The summed E-state index contributed by atoms with van der Waals surface area (Å²) in [5.41, 5.74) is 9.05. The minimum atomic E-state index is 0.477. The number of H-pyrrole nitrogens is 1. The zero-order valence-corrected chi connectivity index (χ0v) is 15.5. The molecule has 0 aliphatic rings. The highest BCUT2D eigenvalue weighted by molar-refractivity contribution is 7.98. The van der Waals surface area contributed by atoms with E-state index in [0.29, 0.717) is 16.6 Å². The van der Waals surface area contributed by atoms with Crippen molar-refractivity contribution in [2.24, 2.45) is 0 Å². The summed E-state index contributed by atoms with van der Waals surface area (Å²) < 4.78 is 0.818. The Hall–Kier alpha value is -2.65. The molecule has 132 valence electrons. The first-order valence-electron chi connectivity index (χ1n) is 8.10. The molecule has 0 atom stereocenters. The van der Waals surface area contributed by atoms with Crippen molar-refractivity contribution in [2.45, 2.75) is 17.3 Å². The van der Waals surface area contributed by atoms with E-state index in [4.69, 9.17) is 5.73 Å². The number of aromatic nitrogens is 5. The molecule has 0 spiro atoms. The van der Waals surface area contributed by atoms with E-state index in [1.165, 1.54) is 16.9 Å². The van der Waals surface area contributed by atoms with Crippen LogP contribution < -0.4 is 11.1 Å². The second-order valence-corrected chi connectivity index (χ2v) is 7.53. The smallest absolute Gasteiger partial charge is 0.191 e. The molecule has 0 amide bonds. The molecule has 9 heteroatoms. The number of nitrogens with zero attached hydrogens (tertiary/aromatic N) is 4. The van der Waals surface area contributed by atoms with Crippen molar-refractivity contribution in [1.82, 2.24) is 24.9 Å². The van der Waals surface area contributed by atoms with Gasteiger partial charge in [-0.1, -0.05) is 53.4 Å². The van der Waals surface area contributed by atoms with Crippen LogP contribution in [0.4, 0.5) is 10.9 Å². The van der Waals surface area contributed by atoms with Gasteiger partial charge in [-0.15, -0.1) is 0 Å². The summed E-state index contributed by atoms with van der Waals surface area (Å²) in [6, 6.07) is 10.2. The predicted octanol–water partition coefficient (Wildman–Crippen LogP) is 3.34. The van der Waals surface area contributed by atoms with Crippen molar-refractivity contribution in [3.8, 4) is 0 Å². The lowest BCUT2D eigenvalue weighted by molar-refractivity contribution is 0.971. The van der Waals surface area contributed by atoms with E-state index >= 15 is 0 Å². The molecule has 0 unspecified atom stereocenters. The number of rotatable bonds is 7. The number of hydrogen-bond acceptors (Lipinski definition) is 8. The zero-order chi connectivity index (χ0) is 17.8. The molecule has 3 heterocycles. The molecular weight excluding hydrogens is 366 g/mol. The summed E-state index contributed by atoms with van der Waals surface area (Å²) in [5, 5.41) is 4.75. The standard InChI is InChI=1S/C17H17N7S2/c18-14-13-15(23-16(26-13)20-7-6-12-8-19-10-21-12)24-17(22-14)25-9-11-4-2-1-3-5-11/h1-5,8,10H,6-7,9H2,(H,19,21)(H3,18,20,22,23,24). The topological polar surface area (TPSA) is 105 Å². The van der Waals surface area contributed by atoms with Gasteiger partial charge in [-0.05, 0) is 5.56 Å². The van der Waals surface area contributed by atoms with Crippen LogP contribution in [0.1, 0.15) is 11.3 Å². The number of thiazole rings is 1. The van der Waals surface area contributed by atoms with Crippen molar-refractivity contribution in [3.63, 3.8) is 0 Å². The summed E-state index contributed by atoms with van der Waals surface area (Å²) >= 11 is 3.04. The first-order valence-corrected chi connectivity index (χ1v) is 9.90. The lowest BCUT2D eigenvalue weighted by atomic mass is 10.2. The fourth-order valence-electron chi connectivity index (χ4n) is 2.41. The first kappa shape index (κ1) is 16.8. The van der Waals surface area contributed by atoms with Crippen molar-refractivity contribution in [2.75, 3.05) is 17.6 Å². The Balaban J connectivity index is 1.44. The molecule has 0 saturated heterocycles. The number of nitrogens with one attached hydrogen (secondary N) is 2. The van der Waals surface area contributed by atoms with Gasteiger partial charge >= 0.3 is 0 Å². The minimum Gasteiger partial charge on any atom is -0.382 e. The minimum absolute atomic E-state index is 0.477. The maximum Gasteiger partial charge on any atom is 0.191 e. The van der Waals surface area contributed by atoms with Crippen LogP contribution in [0.25, 0.3) is 10.3 Å². The SMILES string of the molecule is Nc1nc(SCc2ccccc2)nc2nc(NCCc3cnc[nH]3)sc12. The van der Waals surface area contributed by atoms with Gasteiger partial charge in [0.1, 0.15) is 10.5 Å². The Kier molecular flexibility index (Phi) is 4.98. The molecule has 0 radical (unpaired) electrons. The molecule has 0 aliphatic carbocycles. The quantitative estimate of drug-likeness (QED) is 0.332. The molecule has 4 aromatic rings. The maximum absolute atomic E-state index is 6.11. The van der Waals surface area contributed by atoms with E-state index in [9.17, 15) is 0 Å². The number of thioether (sulfide) groups is 1. The number of fused-ring (bicyclic) bond motifs is 1. The van der Waals surface area contributed by atoms with Crippen LogP contribution in [0.2, 0.25) is 0 Å². The van der Waals surface area contributed by atoms with Crippen LogP contribution in [0.3, 0.4) is 0 Å². The summed E-state index contributed by atoms with van der Waals surface area (Å²) in [7, 11) is 0. The van der Waals surface area contributed by atoms with Gasteiger partial charge in [0.2, 0.25) is 0 Å². The number of benzene rings is 1. The Morgan fingerprint density at radius 3 is 2.85 bits per heavy atom. The van der Waals surface area contributed by atoms with E-state index < -0.39 is 0 Å². The molecule has 4 rings (SSSR count). The Morgan fingerprint density at radius 2 is 2.04 bits per heavy atom. The van der Waals surface area contributed by atoms with Gasteiger partial charge in [0, 0.05) is 30.6 Å². The lowest BCUT2D eigenvalue weighted by Gasteiger charge is -2.01. The molecule has 0 aliphatic heterocycles. The fraction of sp³-hybridized carbons (Fsp3) is 0.176. The van der Waals surface area contributed by atoms with Gasteiger partial charge in [-0.25, -0.2) is 15.0 Å². The summed E-state index contributed by atoms with van der Waals surface area (Å²) in [4.78, 5) is 20.6. The molecule has 26 heavy (non-hydrogen) atoms. The Morgan fingerprint density at radius 1 is 1.15 bits per heavy atom. The average Bonchev–Trinajstić information content (AvgIpc) is 3.31. The fourth-order valence-corrected chi connectivity index (χ4v) is 4.05.